The number of rotatable bonds is 8. The largest absolute Gasteiger partial charge is 0.494 e. The minimum Gasteiger partial charge on any atom is -0.494 e. The van der Waals surface area contributed by atoms with Gasteiger partial charge in [-0.3, -0.25) is 9.59 Å². The van der Waals surface area contributed by atoms with Crippen molar-refractivity contribution in [1.82, 2.24) is 0 Å². The summed E-state index contributed by atoms with van der Waals surface area (Å²) < 4.78 is 11.4. The highest BCUT2D eigenvalue weighted by atomic mass is 32.1. The van der Waals surface area contributed by atoms with Gasteiger partial charge in [-0.2, -0.15) is 0 Å². The molecule has 32 heavy (non-hydrogen) atoms. The number of carbonyl (C=O) groups excluding carboxylic acids is 2. The van der Waals surface area contributed by atoms with E-state index < -0.39 is 5.91 Å². The molecule has 1 N–H and O–H groups in total. The van der Waals surface area contributed by atoms with Gasteiger partial charge in [-0.05, 0) is 56.5 Å². The van der Waals surface area contributed by atoms with Crippen LogP contribution in [0.15, 0.2) is 71.7 Å². The lowest BCUT2D eigenvalue weighted by Gasteiger charge is -2.20. The Labute approximate surface area is 191 Å². The SMILES string of the molecule is CCOc1cccc(NC2=C(c3cccs3)C(=O)N(c3ccccc3OC(C)C)C2=O)c1. The molecule has 0 bridgehead atoms. The lowest BCUT2D eigenvalue weighted by Crippen LogP contribution is -2.33. The highest BCUT2D eigenvalue weighted by molar-refractivity contribution is 7.11. The fourth-order valence-corrected chi connectivity index (χ4v) is 4.25. The number of anilines is 2. The second-order valence-corrected chi connectivity index (χ2v) is 8.34. The summed E-state index contributed by atoms with van der Waals surface area (Å²) in [4.78, 5) is 29.0. The van der Waals surface area contributed by atoms with E-state index in [0.29, 0.717) is 35.1 Å². The van der Waals surface area contributed by atoms with Crippen molar-refractivity contribution in [2.75, 3.05) is 16.8 Å². The Morgan fingerprint density at radius 2 is 1.81 bits per heavy atom. The van der Waals surface area contributed by atoms with Gasteiger partial charge in [-0.1, -0.05) is 24.3 Å². The van der Waals surface area contributed by atoms with Crippen LogP contribution in [0.1, 0.15) is 25.6 Å². The first-order chi connectivity index (χ1) is 15.5. The molecule has 0 spiro atoms. The summed E-state index contributed by atoms with van der Waals surface area (Å²) >= 11 is 1.41. The van der Waals surface area contributed by atoms with E-state index >= 15 is 0 Å². The Balaban J connectivity index is 1.77. The molecule has 2 amide bonds. The lowest BCUT2D eigenvalue weighted by atomic mass is 10.2. The van der Waals surface area contributed by atoms with Crippen LogP contribution < -0.4 is 19.7 Å². The van der Waals surface area contributed by atoms with Gasteiger partial charge in [0.2, 0.25) is 0 Å². The summed E-state index contributed by atoms with van der Waals surface area (Å²) in [5.41, 5.74) is 1.65. The van der Waals surface area contributed by atoms with Gasteiger partial charge in [0.1, 0.15) is 17.2 Å². The van der Waals surface area contributed by atoms with E-state index in [9.17, 15) is 9.59 Å². The number of hydrogen-bond acceptors (Lipinski definition) is 6. The molecule has 0 fully saturated rings. The third kappa shape index (κ3) is 4.24. The molecule has 6 nitrogen and oxygen atoms in total. The number of imide groups is 1. The molecule has 0 radical (unpaired) electrons. The maximum absolute atomic E-state index is 13.6. The number of ether oxygens (including phenoxy) is 2. The summed E-state index contributed by atoms with van der Waals surface area (Å²) in [5.74, 6) is 0.343. The van der Waals surface area contributed by atoms with Gasteiger partial charge in [0.05, 0.1) is 24.0 Å². The molecule has 2 heterocycles. The Hall–Kier alpha value is -3.58. The van der Waals surface area contributed by atoms with E-state index in [2.05, 4.69) is 5.32 Å². The van der Waals surface area contributed by atoms with Gasteiger partial charge in [0, 0.05) is 16.6 Å². The zero-order valence-corrected chi connectivity index (χ0v) is 18.9. The average molecular weight is 449 g/mol. The summed E-state index contributed by atoms with van der Waals surface area (Å²) in [6.07, 6.45) is -0.104. The molecular formula is C25H24N2O4S. The van der Waals surface area contributed by atoms with Crippen molar-refractivity contribution < 1.29 is 19.1 Å². The number of amides is 2. The van der Waals surface area contributed by atoms with Crippen LogP contribution >= 0.6 is 11.3 Å². The quantitative estimate of drug-likeness (QED) is 0.472. The van der Waals surface area contributed by atoms with Crippen molar-refractivity contribution >= 4 is 40.1 Å². The molecule has 0 aliphatic carbocycles. The number of carbonyl (C=O) groups is 2. The number of benzene rings is 2. The van der Waals surface area contributed by atoms with Crippen LogP contribution in [0.5, 0.6) is 11.5 Å². The molecule has 164 valence electrons. The summed E-state index contributed by atoms with van der Waals surface area (Å²) in [5, 5.41) is 5.05. The van der Waals surface area contributed by atoms with Crippen molar-refractivity contribution in [3.63, 3.8) is 0 Å². The zero-order chi connectivity index (χ0) is 22.7. The molecule has 0 saturated carbocycles. The van der Waals surface area contributed by atoms with Crippen molar-refractivity contribution in [2.45, 2.75) is 26.9 Å². The van der Waals surface area contributed by atoms with Gasteiger partial charge >= 0.3 is 0 Å². The highest BCUT2D eigenvalue weighted by Gasteiger charge is 2.41. The fraction of sp³-hybridized carbons (Fsp3) is 0.200. The number of hydrogen-bond donors (Lipinski definition) is 1. The van der Waals surface area contributed by atoms with Crippen molar-refractivity contribution in [2.24, 2.45) is 0 Å². The summed E-state index contributed by atoms with van der Waals surface area (Å²) in [6, 6.07) is 18.1. The van der Waals surface area contributed by atoms with E-state index in [4.69, 9.17) is 9.47 Å². The molecule has 4 rings (SSSR count). The second kappa shape index (κ2) is 9.28. The minimum absolute atomic E-state index is 0.104. The number of para-hydroxylation sites is 2. The molecule has 3 aromatic rings. The molecule has 2 aromatic carbocycles. The van der Waals surface area contributed by atoms with E-state index in [0.717, 1.165) is 4.88 Å². The average Bonchev–Trinajstić information content (AvgIpc) is 3.36. The standard InChI is InChI=1S/C25H24N2O4S/c1-4-30-18-10-7-9-17(15-18)26-23-22(21-13-8-14-32-21)24(28)27(25(23)29)19-11-5-6-12-20(19)31-16(2)3/h5-16,26H,4H2,1-3H3. The third-order valence-corrected chi connectivity index (χ3v) is 5.62. The van der Waals surface area contributed by atoms with Crippen LogP contribution in [0.4, 0.5) is 11.4 Å². The Kier molecular flexibility index (Phi) is 6.28. The second-order valence-electron chi connectivity index (χ2n) is 7.39. The topological polar surface area (TPSA) is 67.9 Å². The van der Waals surface area contributed by atoms with Gasteiger partial charge in [0.15, 0.2) is 0 Å². The first kappa shape index (κ1) is 21.6. The minimum atomic E-state index is -0.431. The molecule has 7 heteroatoms. The smallest absolute Gasteiger partial charge is 0.282 e. The van der Waals surface area contributed by atoms with Crippen LogP contribution in [0, 0.1) is 0 Å². The van der Waals surface area contributed by atoms with Gasteiger partial charge < -0.3 is 14.8 Å². The first-order valence-corrected chi connectivity index (χ1v) is 11.3. The van der Waals surface area contributed by atoms with Crippen LogP contribution in [0.25, 0.3) is 5.57 Å². The summed E-state index contributed by atoms with van der Waals surface area (Å²) in [6.45, 7) is 6.24. The highest BCUT2D eigenvalue weighted by Crippen LogP contribution is 2.39. The van der Waals surface area contributed by atoms with Crippen molar-refractivity contribution in [3.8, 4) is 11.5 Å². The van der Waals surface area contributed by atoms with Crippen LogP contribution in [-0.2, 0) is 9.59 Å². The first-order valence-electron chi connectivity index (χ1n) is 10.4. The maximum Gasteiger partial charge on any atom is 0.282 e. The van der Waals surface area contributed by atoms with Crippen molar-refractivity contribution in [3.05, 3.63) is 76.6 Å². The molecule has 0 saturated heterocycles. The molecular weight excluding hydrogens is 424 g/mol. The van der Waals surface area contributed by atoms with E-state index in [1.807, 2.05) is 62.5 Å². The predicted molar refractivity (Wildman–Crippen MR) is 127 cm³/mol. The van der Waals surface area contributed by atoms with Crippen LogP contribution in [0.2, 0.25) is 0 Å². The fourth-order valence-electron chi connectivity index (χ4n) is 3.48. The molecule has 1 aliphatic heterocycles. The van der Waals surface area contributed by atoms with Crippen LogP contribution in [0.3, 0.4) is 0 Å². The monoisotopic (exact) mass is 448 g/mol. The summed E-state index contributed by atoms with van der Waals surface area (Å²) in [7, 11) is 0. The van der Waals surface area contributed by atoms with Gasteiger partial charge in [-0.25, -0.2) is 4.90 Å². The Morgan fingerprint density at radius 1 is 1.00 bits per heavy atom. The van der Waals surface area contributed by atoms with Gasteiger partial charge in [0.25, 0.3) is 11.8 Å². The third-order valence-electron chi connectivity index (χ3n) is 4.73. The normalized spacial score (nSPS) is 13.8. The Bertz CT molecular complexity index is 1170. The molecule has 0 unspecified atom stereocenters. The number of nitrogens with one attached hydrogen (secondary N) is 1. The van der Waals surface area contributed by atoms with Gasteiger partial charge in [-0.15, -0.1) is 11.3 Å². The number of nitrogens with zero attached hydrogens (tertiary/aromatic N) is 1. The van der Waals surface area contributed by atoms with Crippen LogP contribution in [-0.4, -0.2) is 24.5 Å². The van der Waals surface area contributed by atoms with E-state index in [1.54, 1.807) is 24.3 Å². The maximum atomic E-state index is 13.6. The number of thiophene rings is 1. The molecule has 0 atom stereocenters. The zero-order valence-electron chi connectivity index (χ0n) is 18.1. The molecule has 1 aromatic heterocycles. The van der Waals surface area contributed by atoms with Crippen molar-refractivity contribution in [1.29, 1.82) is 0 Å². The molecule has 1 aliphatic rings. The Morgan fingerprint density at radius 3 is 2.53 bits per heavy atom. The van der Waals surface area contributed by atoms with E-state index in [1.165, 1.54) is 16.2 Å². The van der Waals surface area contributed by atoms with E-state index in [-0.39, 0.29) is 17.7 Å². The lowest BCUT2D eigenvalue weighted by molar-refractivity contribution is -0.120. The predicted octanol–water partition coefficient (Wildman–Crippen LogP) is 5.33.